The van der Waals surface area contributed by atoms with Crippen LogP contribution in [0, 0.1) is 0 Å². The SMILES string of the molecule is COC(=O)c1ccc(C(=O)OC)c(NC(=O)Cc2cccnc2)c1. The number of aromatic nitrogens is 1. The van der Waals surface area contributed by atoms with E-state index in [-0.39, 0.29) is 29.1 Å². The molecule has 0 saturated heterocycles. The Morgan fingerprint density at radius 3 is 2.46 bits per heavy atom. The number of nitrogens with zero attached hydrogens (tertiary/aromatic N) is 1. The van der Waals surface area contributed by atoms with E-state index in [1.807, 2.05) is 0 Å². The van der Waals surface area contributed by atoms with Crippen molar-refractivity contribution in [3.8, 4) is 0 Å². The Labute approximate surface area is 138 Å². The van der Waals surface area contributed by atoms with Crippen molar-refractivity contribution in [2.75, 3.05) is 19.5 Å². The lowest BCUT2D eigenvalue weighted by molar-refractivity contribution is -0.115. The van der Waals surface area contributed by atoms with Crippen molar-refractivity contribution < 1.29 is 23.9 Å². The minimum atomic E-state index is -0.622. The van der Waals surface area contributed by atoms with Crippen LogP contribution in [0.15, 0.2) is 42.7 Å². The molecule has 2 aromatic rings. The number of methoxy groups -OCH3 is 2. The number of ether oxygens (including phenoxy) is 2. The Hall–Kier alpha value is -3.22. The summed E-state index contributed by atoms with van der Waals surface area (Å²) < 4.78 is 9.33. The molecule has 1 N–H and O–H groups in total. The lowest BCUT2D eigenvalue weighted by Gasteiger charge is -2.11. The van der Waals surface area contributed by atoms with Gasteiger partial charge in [-0.15, -0.1) is 0 Å². The van der Waals surface area contributed by atoms with Crippen molar-refractivity contribution >= 4 is 23.5 Å². The molecule has 0 unspecified atom stereocenters. The molecule has 0 atom stereocenters. The molecule has 2 rings (SSSR count). The summed E-state index contributed by atoms with van der Waals surface area (Å²) in [6.45, 7) is 0. The average Bonchev–Trinajstić information content (AvgIpc) is 2.61. The van der Waals surface area contributed by atoms with Crippen LogP contribution in [0.25, 0.3) is 0 Å². The zero-order valence-electron chi connectivity index (χ0n) is 13.2. The van der Waals surface area contributed by atoms with E-state index in [1.54, 1.807) is 24.5 Å². The van der Waals surface area contributed by atoms with Crippen molar-refractivity contribution in [1.29, 1.82) is 0 Å². The number of carbonyl (C=O) groups excluding carboxylic acids is 3. The van der Waals surface area contributed by atoms with Gasteiger partial charge >= 0.3 is 11.9 Å². The number of rotatable bonds is 5. The van der Waals surface area contributed by atoms with E-state index in [1.165, 1.54) is 32.4 Å². The zero-order valence-corrected chi connectivity index (χ0v) is 13.2. The highest BCUT2D eigenvalue weighted by atomic mass is 16.5. The first-order chi connectivity index (χ1) is 11.5. The number of hydrogen-bond donors (Lipinski definition) is 1. The van der Waals surface area contributed by atoms with Gasteiger partial charge in [0.15, 0.2) is 0 Å². The molecule has 7 nitrogen and oxygen atoms in total. The number of esters is 2. The van der Waals surface area contributed by atoms with E-state index in [0.717, 1.165) is 5.56 Å². The van der Waals surface area contributed by atoms with Crippen molar-refractivity contribution in [1.82, 2.24) is 4.98 Å². The lowest BCUT2D eigenvalue weighted by Crippen LogP contribution is -2.18. The van der Waals surface area contributed by atoms with Gasteiger partial charge in [-0.25, -0.2) is 9.59 Å². The maximum atomic E-state index is 12.2. The number of hydrogen-bond acceptors (Lipinski definition) is 6. The molecule has 1 heterocycles. The van der Waals surface area contributed by atoms with Crippen molar-refractivity contribution in [2.24, 2.45) is 0 Å². The minimum absolute atomic E-state index is 0.0803. The molecule has 1 amide bonds. The molecule has 24 heavy (non-hydrogen) atoms. The van der Waals surface area contributed by atoms with Gasteiger partial charge in [-0.05, 0) is 29.8 Å². The summed E-state index contributed by atoms with van der Waals surface area (Å²) in [6.07, 6.45) is 3.26. The maximum absolute atomic E-state index is 12.2. The predicted molar refractivity (Wildman–Crippen MR) is 85.7 cm³/mol. The Morgan fingerprint density at radius 1 is 1.08 bits per heavy atom. The Bertz CT molecular complexity index is 759. The third kappa shape index (κ3) is 4.16. The predicted octanol–water partition coefficient (Wildman–Crippen LogP) is 1.84. The molecular formula is C17H16N2O5. The third-order valence-electron chi connectivity index (χ3n) is 3.21. The van der Waals surface area contributed by atoms with Crippen LogP contribution in [-0.4, -0.2) is 37.0 Å². The van der Waals surface area contributed by atoms with Crippen LogP contribution >= 0.6 is 0 Å². The largest absolute Gasteiger partial charge is 0.465 e. The monoisotopic (exact) mass is 328 g/mol. The molecule has 0 fully saturated rings. The summed E-state index contributed by atoms with van der Waals surface area (Å²) in [4.78, 5) is 39.6. The van der Waals surface area contributed by atoms with Crippen LogP contribution in [0.5, 0.6) is 0 Å². The normalized spacial score (nSPS) is 9.92. The van der Waals surface area contributed by atoms with Gasteiger partial charge < -0.3 is 14.8 Å². The van der Waals surface area contributed by atoms with Crippen molar-refractivity contribution in [3.63, 3.8) is 0 Å². The summed E-state index contributed by atoms with van der Waals surface area (Å²) in [5, 5.41) is 2.62. The topological polar surface area (TPSA) is 94.6 Å². The van der Waals surface area contributed by atoms with Gasteiger partial charge in [0, 0.05) is 12.4 Å². The summed E-state index contributed by atoms with van der Waals surface area (Å²) in [5.74, 6) is -1.55. The van der Waals surface area contributed by atoms with Crippen molar-refractivity contribution in [2.45, 2.75) is 6.42 Å². The molecule has 1 aromatic carbocycles. The Morgan fingerprint density at radius 2 is 1.83 bits per heavy atom. The van der Waals surface area contributed by atoms with Gasteiger partial charge in [0.1, 0.15) is 0 Å². The molecule has 0 bridgehead atoms. The molecule has 0 aliphatic carbocycles. The fraction of sp³-hybridized carbons (Fsp3) is 0.176. The highest BCUT2D eigenvalue weighted by molar-refractivity contribution is 6.03. The molecule has 124 valence electrons. The molecule has 7 heteroatoms. The van der Waals surface area contributed by atoms with Gasteiger partial charge in [-0.2, -0.15) is 0 Å². The fourth-order valence-electron chi connectivity index (χ4n) is 2.06. The second kappa shape index (κ2) is 7.87. The first-order valence-corrected chi connectivity index (χ1v) is 7.04. The summed E-state index contributed by atoms with van der Waals surface area (Å²) >= 11 is 0. The number of carbonyl (C=O) groups is 3. The van der Waals surface area contributed by atoms with Crippen molar-refractivity contribution in [3.05, 3.63) is 59.4 Å². The number of amides is 1. The van der Waals surface area contributed by atoms with Gasteiger partial charge in [0.2, 0.25) is 5.91 Å². The molecule has 0 spiro atoms. The van der Waals surface area contributed by atoms with E-state index >= 15 is 0 Å². The second-order valence-electron chi connectivity index (χ2n) is 4.83. The number of anilines is 1. The molecule has 0 aliphatic rings. The smallest absolute Gasteiger partial charge is 0.339 e. The first-order valence-electron chi connectivity index (χ1n) is 7.04. The standard InChI is InChI=1S/C17H16N2O5/c1-23-16(21)12-5-6-13(17(22)24-2)14(9-12)19-15(20)8-11-4-3-7-18-10-11/h3-7,9-10H,8H2,1-2H3,(H,19,20). The third-order valence-corrected chi connectivity index (χ3v) is 3.21. The average molecular weight is 328 g/mol. The van der Waals surface area contributed by atoms with E-state index in [2.05, 4.69) is 19.8 Å². The maximum Gasteiger partial charge on any atom is 0.339 e. The molecule has 1 aromatic heterocycles. The second-order valence-corrected chi connectivity index (χ2v) is 4.83. The molecule has 0 aliphatic heterocycles. The van der Waals surface area contributed by atoms with Gasteiger partial charge in [0.25, 0.3) is 0 Å². The van der Waals surface area contributed by atoms with Crippen LogP contribution in [0.4, 0.5) is 5.69 Å². The van der Waals surface area contributed by atoms with Crippen LogP contribution in [0.2, 0.25) is 0 Å². The van der Waals surface area contributed by atoms with Crippen LogP contribution in [0.3, 0.4) is 0 Å². The molecular weight excluding hydrogens is 312 g/mol. The Kier molecular flexibility index (Phi) is 5.62. The number of pyridine rings is 1. The van der Waals surface area contributed by atoms with Crippen LogP contribution in [0.1, 0.15) is 26.3 Å². The number of nitrogens with one attached hydrogen (secondary N) is 1. The minimum Gasteiger partial charge on any atom is -0.465 e. The molecule has 0 saturated carbocycles. The highest BCUT2D eigenvalue weighted by Gasteiger charge is 2.17. The summed E-state index contributed by atoms with van der Waals surface area (Å²) in [6, 6.07) is 7.69. The van der Waals surface area contributed by atoms with E-state index < -0.39 is 11.9 Å². The van der Waals surface area contributed by atoms with E-state index in [9.17, 15) is 14.4 Å². The van der Waals surface area contributed by atoms with E-state index in [4.69, 9.17) is 0 Å². The quantitative estimate of drug-likeness (QED) is 0.842. The first kappa shape index (κ1) is 17.1. The summed E-state index contributed by atoms with van der Waals surface area (Å²) in [7, 11) is 2.48. The lowest BCUT2D eigenvalue weighted by atomic mass is 10.1. The van der Waals surface area contributed by atoms with Gasteiger partial charge in [0.05, 0.1) is 37.5 Å². The zero-order chi connectivity index (χ0) is 17.5. The van der Waals surface area contributed by atoms with Crippen LogP contribution < -0.4 is 5.32 Å². The molecule has 0 radical (unpaired) electrons. The van der Waals surface area contributed by atoms with Crippen LogP contribution in [-0.2, 0) is 20.7 Å². The fourth-order valence-corrected chi connectivity index (χ4v) is 2.06. The van der Waals surface area contributed by atoms with E-state index in [0.29, 0.717) is 0 Å². The Balaban J connectivity index is 2.26. The highest BCUT2D eigenvalue weighted by Crippen LogP contribution is 2.20. The van der Waals surface area contributed by atoms with Gasteiger partial charge in [-0.3, -0.25) is 9.78 Å². The van der Waals surface area contributed by atoms with Gasteiger partial charge in [-0.1, -0.05) is 6.07 Å². The number of benzene rings is 1. The summed E-state index contributed by atoms with van der Waals surface area (Å²) in [5.41, 5.74) is 1.25.